The Balaban J connectivity index is 1.51. The van der Waals surface area contributed by atoms with Gasteiger partial charge in [0.1, 0.15) is 10.7 Å². The van der Waals surface area contributed by atoms with Gasteiger partial charge in [-0.1, -0.05) is 11.8 Å². The number of aliphatic hydroxyl groups is 1. The average Bonchev–Trinajstić information content (AvgIpc) is 3.52. The fourth-order valence-corrected chi connectivity index (χ4v) is 4.62. The Morgan fingerprint density at radius 3 is 2.73 bits per heavy atom. The number of thiazole rings is 1. The second-order valence-corrected chi connectivity index (χ2v) is 9.30. The lowest BCUT2D eigenvalue weighted by molar-refractivity contribution is 0.122. The first kappa shape index (κ1) is 21.5. The summed E-state index contributed by atoms with van der Waals surface area (Å²) in [5.74, 6) is 6.14. The molecule has 0 spiro atoms. The van der Waals surface area contributed by atoms with E-state index >= 15 is 0 Å². The molecule has 0 bridgehead atoms. The van der Waals surface area contributed by atoms with Crippen molar-refractivity contribution >= 4 is 39.4 Å². The van der Waals surface area contributed by atoms with Gasteiger partial charge >= 0.3 is 0 Å². The Labute approximate surface area is 197 Å². The number of aromatic amines is 1. The third kappa shape index (κ3) is 4.57. The molecule has 1 aliphatic rings. The Bertz CT molecular complexity index is 1310. The summed E-state index contributed by atoms with van der Waals surface area (Å²) >= 11 is 1.40. The van der Waals surface area contributed by atoms with E-state index in [0.717, 1.165) is 59.8 Å². The van der Waals surface area contributed by atoms with Crippen LogP contribution in [0.5, 0.6) is 0 Å². The van der Waals surface area contributed by atoms with Crippen LogP contribution in [-0.4, -0.2) is 58.2 Å². The molecule has 1 fully saturated rings. The maximum absolute atomic E-state index is 10.8. The first-order valence-corrected chi connectivity index (χ1v) is 11.8. The number of hydrogen-bond donors (Lipinski definition) is 3. The zero-order valence-electron chi connectivity index (χ0n) is 18.7. The molecule has 1 unspecified atom stereocenters. The van der Waals surface area contributed by atoms with Crippen molar-refractivity contribution < 1.29 is 5.11 Å². The normalized spacial score (nSPS) is 16.3. The van der Waals surface area contributed by atoms with E-state index in [0.29, 0.717) is 5.01 Å². The van der Waals surface area contributed by atoms with Gasteiger partial charge in [0.05, 0.1) is 17.1 Å². The highest BCUT2D eigenvalue weighted by molar-refractivity contribution is 7.09. The number of fused-ring (bicyclic) bond motifs is 1. The van der Waals surface area contributed by atoms with Crippen LogP contribution in [0.1, 0.15) is 17.5 Å². The molecular weight excluding hydrogens is 432 g/mol. The summed E-state index contributed by atoms with van der Waals surface area (Å²) < 4.78 is 0. The molecule has 168 valence electrons. The second kappa shape index (κ2) is 8.87. The van der Waals surface area contributed by atoms with Gasteiger partial charge in [-0.3, -0.25) is 0 Å². The smallest absolute Gasteiger partial charge is 0.174 e. The van der Waals surface area contributed by atoms with Gasteiger partial charge in [-0.15, -0.1) is 11.3 Å². The molecule has 7 nitrogen and oxygen atoms in total. The summed E-state index contributed by atoms with van der Waals surface area (Å²) in [6.07, 6.45) is 5.37. The lowest BCUT2D eigenvalue weighted by atomic mass is 10.1. The van der Waals surface area contributed by atoms with Crippen LogP contribution >= 0.6 is 11.3 Å². The topological polar surface area (TPSA) is 80.3 Å². The summed E-state index contributed by atoms with van der Waals surface area (Å²) in [5.41, 5.74) is 3.48. The minimum atomic E-state index is -1.29. The van der Waals surface area contributed by atoms with Crippen LogP contribution in [0.15, 0.2) is 54.3 Å². The molecule has 4 aromatic rings. The third-order valence-electron chi connectivity index (χ3n) is 5.87. The first-order chi connectivity index (χ1) is 16.0. The standard InChI is InChI=1S/C25H26N6OS/c1-25(32,24-28-11-16-33-24)8-5-18-3-4-22(31-14-12-30(2)13-15-31)21(17-18)29-20-7-10-27-23-19(20)6-9-26-23/h3-4,6-7,9-11,16-17,32H,12-15H2,1-2H3,(H2,26,27,29). The van der Waals surface area contributed by atoms with Crippen molar-refractivity contribution in [3.05, 3.63) is 64.9 Å². The van der Waals surface area contributed by atoms with Gasteiger partial charge in [-0.2, -0.15) is 0 Å². The van der Waals surface area contributed by atoms with Gasteiger partial charge in [0.15, 0.2) is 5.60 Å². The fraction of sp³-hybridized carbons (Fsp3) is 0.280. The van der Waals surface area contributed by atoms with E-state index in [1.165, 1.54) is 11.3 Å². The van der Waals surface area contributed by atoms with Gasteiger partial charge in [0.25, 0.3) is 0 Å². The molecule has 5 rings (SSSR count). The van der Waals surface area contributed by atoms with Crippen LogP contribution < -0.4 is 10.2 Å². The molecule has 0 aliphatic carbocycles. The highest BCUT2D eigenvalue weighted by atomic mass is 32.1. The molecule has 3 aromatic heterocycles. The van der Waals surface area contributed by atoms with E-state index in [4.69, 9.17) is 0 Å². The number of pyridine rings is 1. The summed E-state index contributed by atoms with van der Waals surface area (Å²) in [6.45, 7) is 5.65. The largest absolute Gasteiger partial charge is 0.371 e. The molecule has 0 saturated carbocycles. The van der Waals surface area contributed by atoms with E-state index in [2.05, 4.69) is 61.1 Å². The molecule has 1 atom stereocenters. The number of nitrogens with one attached hydrogen (secondary N) is 2. The minimum Gasteiger partial charge on any atom is -0.371 e. The molecule has 0 radical (unpaired) electrons. The highest BCUT2D eigenvalue weighted by Crippen LogP contribution is 2.33. The number of benzene rings is 1. The Morgan fingerprint density at radius 1 is 1.09 bits per heavy atom. The molecular formula is C25H26N6OS. The minimum absolute atomic E-state index is 0.592. The lowest BCUT2D eigenvalue weighted by Gasteiger charge is -2.35. The number of likely N-dealkylation sites (N-methyl/N-ethyl adjacent to an activating group) is 1. The van der Waals surface area contributed by atoms with E-state index < -0.39 is 5.60 Å². The van der Waals surface area contributed by atoms with Gasteiger partial charge in [0.2, 0.25) is 0 Å². The number of H-pyrrole nitrogens is 1. The Kier molecular flexibility index (Phi) is 5.77. The van der Waals surface area contributed by atoms with Crippen LogP contribution in [0.2, 0.25) is 0 Å². The van der Waals surface area contributed by atoms with Crippen molar-refractivity contribution in [2.24, 2.45) is 0 Å². The zero-order chi connectivity index (χ0) is 22.8. The van der Waals surface area contributed by atoms with Crippen molar-refractivity contribution in [3.8, 4) is 11.8 Å². The van der Waals surface area contributed by atoms with Gasteiger partial charge in [-0.25, -0.2) is 9.97 Å². The van der Waals surface area contributed by atoms with Gasteiger partial charge < -0.3 is 25.2 Å². The van der Waals surface area contributed by atoms with Crippen LogP contribution in [0, 0.1) is 11.8 Å². The maximum atomic E-state index is 10.8. The molecule has 1 aliphatic heterocycles. The van der Waals surface area contributed by atoms with E-state index in [9.17, 15) is 5.11 Å². The monoisotopic (exact) mass is 458 g/mol. The number of anilines is 3. The zero-order valence-corrected chi connectivity index (χ0v) is 19.5. The van der Waals surface area contributed by atoms with Crippen LogP contribution in [-0.2, 0) is 5.60 Å². The van der Waals surface area contributed by atoms with E-state index in [1.54, 1.807) is 19.3 Å². The SMILES string of the molecule is CN1CCN(c2ccc(C#CC(C)(O)c3nccs3)cc2Nc2ccnc3[nH]ccc23)CC1. The Hall–Kier alpha value is -3.38. The molecule has 0 amide bonds. The predicted molar refractivity (Wildman–Crippen MR) is 134 cm³/mol. The number of hydrogen-bond acceptors (Lipinski definition) is 7. The molecule has 1 aromatic carbocycles. The summed E-state index contributed by atoms with van der Waals surface area (Å²) in [7, 11) is 2.16. The number of nitrogens with zero attached hydrogens (tertiary/aromatic N) is 4. The van der Waals surface area contributed by atoms with E-state index in [-0.39, 0.29) is 0 Å². The highest BCUT2D eigenvalue weighted by Gasteiger charge is 2.23. The predicted octanol–water partition coefficient (Wildman–Crippen LogP) is 3.77. The quantitative estimate of drug-likeness (QED) is 0.404. The summed E-state index contributed by atoms with van der Waals surface area (Å²) in [5, 5.41) is 17.8. The molecule has 3 N–H and O–H groups in total. The average molecular weight is 459 g/mol. The van der Waals surface area contributed by atoms with Crippen molar-refractivity contribution in [2.75, 3.05) is 43.4 Å². The van der Waals surface area contributed by atoms with E-state index in [1.807, 2.05) is 29.8 Å². The Morgan fingerprint density at radius 2 is 1.94 bits per heavy atom. The number of aromatic nitrogens is 3. The van der Waals surface area contributed by atoms with Crippen molar-refractivity contribution in [2.45, 2.75) is 12.5 Å². The summed E-state index contributed by atoms with van der Waals surface area (Å²) in [4.78, 5) is 16.5. The molecule has 4 heterocycles. The van der Waals surface area contributed by atoms with Crippen LogP contribution in [0.4, 0.5) is 17.1 Å². The summed E-state index contributed by atoms with van der Waals surface area (Å²) in [6, 6.07) is 10.2. The van der Waals surface area contributed by atoms with Crippen LogP contribution in [0.25, 0.3) is 11.0 Å². The van der Waals surface area contributed by atoms with Crippen LogP contribution in [0.3, 0.4) is 0 Å². The van der Waals surface area contributed by atoms with Crippen molar-refractivity contribution in [1.29, 1.82) is 0 Å². The molecule has 33 heavy (non-hydrogen) atoms. The van der Waals surface area contributed by atoms with Gasteiger partial charge in [-0.05, 0) is 44.3 Å². The second-order valence-electron chi connectivity index (χ2n) is 8.41. The number of piperazine rings is 1. The lowest BCUT2D eigenvalue weighted by Crippen LogP contribution is -2.44. The number of rotatable bonds is 4. The van der Waals surface area contributed by atoms with Gasteiger partial charge in [0, 0.05) is 61.1 Å². The first-order valence-electron chi connectivity index (χ1n) is 10.9. The fourth-order valence-electron chi connectivity index (χ4n) is 3.96. The maximum Gasteiger partial charge on any atom is 0.174 e. The molecule has 1 saturated heterocycles. The van der Waals surface area contributed by atoms with Crippen molar-refractivity contribution in [1.82, 2.24) is 19.9 Å². The van der Waals surface area contributed by atoms with Crippen molar-refractivity contribution in [3.63, 3.8) is 0 Å². The third-order valence-corrected chi connectivity index (χ3v) is 6.85. The molecule has 8 heteroatoms.